The highest BCUT2D eigenvalue weighted by Crippen LogP contribution is 2.24. The third-order valence-electron chi connectivity index (χ3n) is 1.14. The molecule has 1 aromatic rings. The van der Waals surface area contributed by atoms with Crippen molar-refractivity contribution in [2.45, 2.75) is 0 Å². The molecule has 58 valence electrons. The van der Waals surface area contributed by atoms with E-state index in [0.29, 0.717) is 17.1 Å². The average molecular weight is 234 g/mol. The maximum atomic E-state index is 10.1. The first-order chi connectivity index (χ1) is 5.24. The predicted molar refractivity (Wildman–Crippen MR) is 48.8 cm³/mol. The average Bonchev–Trinajstić information content (AvgIpc) is 1.98. The molecule has 1 aromatic carbocycles. The highest BCUT2D eigenvalue weighted by molar-refractivity contribution is 9.10. The maximum Gasteiger partial charge on any atom is 0.211 e. The highest BCUT2D eigenvalue weighted by atomic mass is 79.9. The molecule has 0 unspecified atom stereocenters. The first kappa shape index (κ1) is 8.56. The molecule has 11 heavy (non-hydrogen) atoms. The van der Waals surface area contributed by atoms with Crippen molar-refractivity contribution in [3.05, 3.63) is 27.7 Å². The van der Waals surface area contributed by atoms with Crippen LogP contribution in [0.1, 0.15) is 0 Å². The van der Waals surface area contributed by atoms with Gasteiger partial charge in [-0.1, -0.05) is 11.6 Å². The summed E-state index contributed by atoms with van der Waals surface area (Å²) in [5, 5.41) is 3.10. The fraction of sp³-hybridized carbons (Fsp3) is 0. The van der Waals surface area contributed by atoms with Crippen molar-refractivity contribution in [2.24, 2.45) is 0 Å². The van der Waals surface area contributed by atoms with Crippen LogP contribution < -0.4 is 5.32 Å². The first-order valence-corrected chi connectivity index (χ1v) is 4.06. The van der Waals surface area contributed by atoms with Crippen molar-refractivity contribution in [1.29, 1.82) is 0 Å². The van der Waals surface area contributed by atoms with E-state index in [4.69, 9.17) is 11.6 Å². The Morgan fingerprint density at radius 1 is 1.55 bits per heavy atom. The Morgan fingerprint density at radius 2 is 2.27 bits per heavy atom. The smallest absolute Gasteiger partial charge is 0.211 e. The molecular formula is C7H5BrClNO. The lowest BCUT2D eigenvalue weighted by molar-refractivity contribution is -0.105. The van der Waals surface area contributed by atoms with Crippen LogP contribution in [0.2, 0.25) is 5.02 Å². The summed E-state index contributed by atoms with van der Waals surface area (Å²) in [5.41, 5.74) is 0.674. The zero-order valence-corrected chi connectivity index (χ0v) is 7.82. The number of carbonyl (C=O) groups is 1. The predicted octanol–water partition coefficient (Wildman–Crippen LogP) is 2.67. The number of amides is 1. The summed E-state index contributed by atoms with van der Waals surface area (Å²) in [5.74, 6) is 0. The Hall–Kier alpha value is -0.540. The summed E-state index contributed by atoms with van der Waals surface area (Å²) < 4.78 is 0.814. The number of hydrogen-bond acceptors (Lipinski definition) is 1. The number of nitrogens with one attached hydrogen (secondary N) is 1. The zero-order chi connectivity index (χ0) is 8.27. The molecule has 0 bridgehead atoms. The van der Waals surface area contributed by atoms with E-state index in [0.717, 1.165) is 4.47 Å². The molecular weight excluding hydrogens is 229 g/mol. The highest BCUT2D eigenvalue weighted by Gasteiger charge is 1.97. The minimum absolute atomic E-state index is 0.595. The van der Waals surface area contributed by atoms with Crippen LogP contribution in [0.25, 0.3) is 0 Å². The fourth-order valence-electron chi connectivity index (χ4n) is 0.672. The second-order valence-corrected chi connectivity index (χ2v) is 3.18. The Kier molecular flexibility index (Phi) is 2.91. The Bertz CT molecular complexity index is 277. The Balaban J connectivity index is 3.01. The van der Waals surface area contributed by atoms with Gasteiger partial charge in [0.1, 0.15) is 0 Å². The molecule has 1 N–H and O–H groups in total. The lowest BCUT2D eigenvalue weighted by Gasteiger charge is -2.01. The number of benzene rings is 1. The standard InChI is InChI=1S/C7H5BrClNO/c8-6-2-1-5(9)3-7(6)10-4-11/h1-4H,(H,10,11). The van der Waals surface area contributed by atoms with E-state index in [9.17, 15) is 4.79 Å². The van der Waals surface area contributed by atoms with Crippen molar-refractivity contribution in [2.75, 3.05) is 5.32 Å². The van der Waals surface area contributed by atoms with Gasteiger partial charge in [0.25, 0.3) is 0 Å². The van der Waals surface area contributed by atoms with Crippen LogP contribution >= 0.6 is 27.5 Å². The van der Waals surface area contributed by atoms with Gasteiger partial charge in [0, 0.05) is 9.50 Å². The molecule has 4 heteroatoms. The van der Waals surface area contributed by atoms with E-state index in [1.54, 1.807) is 18.2 Å². The van der Waals surface area contributed by atoms with E-state index in [1.165, 1.54) is 0 Å². The second kappa shape index (κ2) is 3.74. The van der Waals surface area contributed by atoms with Gasteiger partial charge in [-0.05, 0) is 34.1 Å². The number of carbonyl (C=O) groups excluding carboxylic acids is 1. The normalized spacial score (nSPS) is 9.27. The summed E-state index contributed by atoms with van der Waals surface area (Å²) in [4.78, 5) is 10.1. The molecule has 0 fully saturated rings. The number of rotatable bonds is 2. The molecule has 0 aliphatic rings. The number of anilines is 1. The van der Waals surface area contributed by atoms with Crippen LogP contribution in [0, 0.1) is 0 Å². The molecule has 1 rings (SSSR count). The minimum atomic E-state index is 0.595. The van der Waals surface area contributed by atoms with Crippen molar-refractivity contribution >= 4 is 39.6 Å². The molecule has 0 radical (unpaired) electrons. The molecule has 0 saturated heterocycles. The third-order valence-corrected chi connectivity index (χ3v) is 2.07. The van der Waals surface area contributed by atoms with Gasteiger partial charge in [0.05, 0.1) is 5.69 Å². The molecule has 0 aromatic heterocycles. The molecule has 0 atom stereocenters. The van der Waals surface area contributed by atoms with Crippen molar-refractivity contribution < 1.29 is 4.79 Å². The van der Waals surface area contributed by atoms with Crippen LogP contribution in [0.15, 0.2) is 22.7 Å². The van der Waals surface area contributed by atoms with Crippen LogP contribution in [0.4, 0.5) is 5.69 Å². The minimum Gasteiger partial charge on any atom is -0.328 e. The fourth-order valence-corrected chi connectivity index (χ4v) is 1.20. The molecule has 0 aliphatic carbocycles. The largest absolute Gasteiger partial charge is 0.328 e. The van der Waals surface area contributed by atoms with E-state index in [1.807, 2.05) is 0 Å². The summed E-state index contributed by atoms with van der Waals surface area (Å²) in [6.45, 7) is 0. The van der Waals surface area contributed by atoms with Gasteiger partial charge in [0.2, 0.25) is 6.41 Å². The quantitative estimate of drug-likeness (QED) is 0.783. The lowest BCUT2D eigenvalue weighted by Crippen LogP contribution is -1.93. The molecule has 1 amide bonds. The maximum absolute atomic E-state index is 10.1. The van der Waals surface area contributed by atoms with Gasteiger partial charge >= 0.3 is 0 Å². The van der Waals surface area contributed by atoms with E-state index < -0.39 is 0 Å². The second-order valence-electron chi connectivity index (χ2n) is 1.89. The van der Waals surface area contributed by atoms with Gasteiger partial charge in [-0.2, -0.15) is 0 Å². The first-order valence-electron chi connectivity index (χ1n) is 2.89. The monoisotopic (exact) mass is 233 g/mol. The van der Waals surface area contributed by atoms with Crippen LogP contribution in [-0.2, 0) is 4.79 Å². The summed E-state index contributed by atoms with van der Waals surface area (Å²) in [6.07, 6.45) is 0.608. The van der Waals surface area contributed by atoms with Gasteiger partial charge in [-0.15, -0.1) is 0 Å². The third kappa shape index (κ3) is 2.20. The van der Waals surface area contributed by atoms with Gasteiger partial charge in [-0.25, -0.2) is 0 Å². The van der Waals surface area contributed by atoms with Crippen molar-refractivity contribution in [3.8, 4) is 0 Å². The van der Waals surface area contributed by atoms with Crippen molar-refractivity contribution in [1.82, 2.24) is 0 Å². The summed E-state index contributed by atoms with van der Waals surface area (Å²) >= 11 is 8.93. The zero-order valence-electron chi connectivity index (χ0n) is 5.47. The number of halogens is 2. The number of hydrogen-bond donors (Lipinski definition) is 1. The van der Waals surface area contributed by atoms with Gasteiger partial charge in [-0.3, -0.25) is 4.79 Å². The molecule has 0 aliphatic heterocycles. The van der Waals surface area contributed by atoms with E-state index >= 15 is 0 Å². The summed E-state index contributed by atoms with van der Waals surface area (Å²) in [7, 11) is 0. The molecule has 0 spiro atoms. The van der Waals surface area contributed by atoms with E-state index in [-0.39, 0.29) is 0 Å². The van der Waals surface area contributed by atoms with Gasteiger partial charge in [0.15, 0.2) is 0 Å². The molecule has 0 saturated carbocycles. The van der Waals surface area contributed by atoms with Crippen molar-refractivity contribution in [3.63, 3.8) is 0 Å². The van der Waals surface area contributed by atoms with Gasteiger partial charge < -0.3 is 5.32 Å². The van der Waals surface area contributed by atoms with E-state index in [2.05, 4.69) is 21.2 Å². The Labute approximate surface area is 77.7 Å². The topological polar surface area (TPSA) is 29.1 Å². The summed E-state index contributed by atoms with van der Waals surface area (Å²) in [6, 6.07) is 5.18. The Morgan fingerprint density at radius 3 is 2.91 bits per heavy atom. The lowest BCUT2D eigenvalue weighted by atomic mass is 10.3. The van der Waals surface area contributed by atoms with Crippen LogP contribution in [0.3, 0.4) is 0 Å². The SMILES string of the molecule is O=CNc1cc(Cl)ccc1Br. The van der Waals surface area contributed by atoms with Crippen LogP contribution in [0.5, 0.6) is 0 Å². The van der Waals surface area contributed by atoms with Crippen LogP contribution in [-0.4, -0.2) is 6.41 Å². The molecule has 0 heterocycles. The molecule has 2 nitrogen and oxygen atoms in total.